The number of carbonyl (C=O) groups excluding carboxylic acids is 2. The molecule has 3 amide bonds. The summed E-state index contributed by atoms with van der Waals surface area (Å²) in [6.07, 6.45) is 1.90. The molecule has 43 heavy (non-hydrogen) atoms. The molecule has 0 radical (unpaired) electrons. The van der Waals surface area contributed by atoms with Crippen molar-refractivity contribution < 1.29 is 23.5 Å². The lowest BCUT2D eigenvalue weighted by Crippen LogP contribution is -2.47. The van der Waals surface area contributed by atoms with Gasteiger partial charge in [-0.05, 0) is 71.7 Å². The van der Waals surface area contributed by atoms with E-state index in [1.54, 1.807) is 23.1 Å². The van der Waals surface area contributed by atoms with Crippen molar-refractivity contribution >= 4 is 29.3 Å². The van der Waals surface area contributed by atoms with Crippen molar-refractivity contribution in [3.8, 4) is 17.1 Å². The van der Waals surface area contributed by atoms with Crippen LogP contribution in [0.4, 0.5) is 26.5 Å². The number of ether oxygens (including phenoxy) is 2. The number of hydrogen-bond donors (Lipinski definition) is 2. The number of benzene rings is 1. The predicted molar refractivity (Wildman–Crippen MR) is 160 cm³/mol. The molecule has 3 aromatic rings. The highest BCUT2D eigenvalue weighted by atomic mass is 19.1. The van der Waals surface area contributed by atoms with E-state index >= 15 is 4.39 Å². The summed E-state index contributed by atoms with van der Waals surface area (Å²) in [4.78, 5) is 44.4. The van der Waals surface area contributed by atoms with Gasteiger partial charge in [-0.15, -0.1) is 0 Å². The maximum Gasteiger partial charge on any atom is 0.323 e. The number of hydrogen-bond acceptors (Lipinski definition) is 8. The zero-order valence-corrected chi connectivity index (χ0v) is 25.0. The number of morpholine rings is 1. The first-order valence-corrected chi connectivity index (χ1v) is 14.6. The summed E-state index contributed by atoms with van der Waals surface area (Å²) in [5.41, 5.74) is 2.18. The van der Waals surface area contributed by atoms with Crippen molar-refractivity contribution in [2.75, 3.05) is 41.8 Å². The molecule has 2 aromatic heterocycles. The number of fused-ring (bicyclic) bond motifs is 3. The molecule has 226 valence electrons. The van der Waals surface area contributed by atoms with Gasteiger partial charge in [-0.3, -0.25) is 9.78 Å². The number of pyridine rings is 1. The normalized spacial score (nSPS) is 20.7. The minimum Gasteiger partial charge on any atom is -0.469 e. The van der Waals surface area contributed by atoms with Gasteiger partial charge >= 0.3 is 6.03 Å². The highest BCUT2D eigenvalue weighted by Gasteiger charge is 2.42. The number of rotatable bonds is 5. The third kappa shape index (κ3) is 5.71. The Kier molecular flexibility index (Phi) is 7.41. The maximum atomic E-state index is 15.6. The molecule has 0 aliphatic carbocycles. The molecule has 6 rings (SSSR count). The Morgan fingerprint density at radius 3 is 2.40 bits per heavy atom. The Morgan fingerprint density at radius 2 is 1.74 bits per heavy atom. The molecule has 0 spiro atoms. The first-order valence-electron chi connectivity index (χ1n) is 14.6. The Balaban J connectivity index is 1.38. The van der Waals surface area contributed by atoms with Gasteiger partial charge in [0.05, 0.1) is 43.2 Å². The van der Waals surface area contributed by atoms with E-state index in [0.29, 0.717) is 43.5 Å². The van der Waals surface area contributed by atoms with Crippen molar-refractivity contribution in [3.05, 3.63) is 53.1 Å². The SMILES string of the molecule is CCN1CC(C)(C)Oc2nc(N3C4CCC3COC4)nc(-c3ccc(NC(=O)Nc4cc(C)nc(C)c4)c(F)c3)c2C1=O. The number of aromatic nitrogens is 3. The Morgan fingerprint density at radius 1 is 1.05 bits per heavy atom. The van der Waals surface area contributed by atoms with Crippen LogP contribution in [-0.2, 0) is 4.74 Å². The highest BCUT2D eigenvalue weighted by molar-refractivity contribution is 6.03. The van der Waals surface area contributed by atoms with Crippen LogP contribution in [0.3, 0.4) is 0 Å². The predicted octanol–water partition coefficient (Wildman–Crippen LogP) is 4.94. The Bertz CT molecular complexity index is 1560. The number of nitrogens with one attached hydrogen (secondary N) is 2. The van der Waals surface area contributed by atoms with E-state index in [-0.39, 0.29) is 40.8 Å². The lowest BCUT2D eigenvalue weighted by molar-refractivity contribution is 0.0540. The van der Waals surface area contributed by atoms with Crippen molar-refractivity contribution in [1.82, 2.24) is 19.9 Å². The summed E-state index contributed by atoms with van der Waals surface area (Å²) in [5, 5.41) is 5.28. The molecule has 2 saturated heterocycles. The summed E-state index contributed by atoms with van der Waals surface area (Å²) >= 11 is 0. The van der Waals surface area contributed by atoms with Crippen molar-refractivity contribution in [1.29, 1.82) is 0 Å². The lowest BCUT2D eigenvalue weighted by Gasteiger charge is -2.35. The number of amides is 3. The van der Waals surface area contributed by atoms with Gasteiger partial charge in [0.1, 0.15) is 17.0 Å². The third-order valence-electron chi connectivity index (χ3n) is 7.99. The van der Waals surface area contributed by atoms with Gasteiger partial charge in [-0.1, -0.05) is 6.07 Å². The molecule has 5 heterocycles. The molecule has 2 N–H and O–H groups in total. The van der Waals surface area contributed by atoms with Gasteiger partial charge in [0, 0.05) is 29.2 Å². The standard InChI is InChI=1S/C31H36FN7O4/c1-6-38-16-31(4,5)43-27-25(28(38)40)26(36-29(37-27)39-21-8-9-22(39)15-42-14-21)19-7-10-24(23(32)13-19)35-30(41)34-20-11-17(2)33-18(3)12-20/h7,10-13,21-22H,6,8-9,14-16H2,1-5H3,(H2,33,34,35,41). The molecule has 2 atom stereocenters. The van der Waals surface area contributed by atoms with E-state index in [9.17, 15) is 9.59 Å². The quantitative estimate of drug-likeness (QED) is 0.429. The minimum atomic E-state index is -0.706. The number of anilines is 3. The smallest absolute Gasteiger partial charge is 0.323 e. The van der Waals surface area contributed by atoms with E-state index in [1.807, 2.05) is 34.6 Å². The molecule has 1 aromatic carbocycles. The van der Waals surface area contributed by atoms with Gasteiger partial charge < -0.3 is 29.9 Å². The molecule has 2 fully saturated rings. The Labute approximate surface area is 249 Å². The largest absolute Gasteiger partial charge is 0.469 e. The second-order valence-electron chi connectivity index (χ2n) is 12.0. The molecule has 12 heteroatoms. The zero-order valence-electron chi connectivity index (χ0n) is 25.0. The molecule has 2 unspecified atom stereocenters. The molecular weight excluding hydrogens is 553 g/mol. The van der Waals surface area contributed by atoms with Crippen LogP contribution in [0.25, 0.3) is 11.3 Å². The zero-order chi connectivity index (χ0) is 30.5. The van der Waals surface area contributed by atoms with Crippen LogP contribution in [0.2, 0.25) is 0 Å². The van der Waals surface area contributed by atoms with Crippen LogP contribution in [0.15, 0.2) is 30.3 Å². The van der Waals surface area contributed by atoms with Gasteiger partial charge in [0.15, 0.2) is 0 Å². The van der Waals surface area contributed by atoms with E-state index in [2.05, 4.69) is 20.5 Å². The topological polar surface area (TPSA) is 122 Å². The molecule has 2 bridgehead atoms. The van der Waals surface area contributed by atoms with Crippen LogP contribution < -0.4 is 20.3 Å². The van der Waals surface area contributed by atoms with Crippen molar-refractivity contribution in [3.63, 3.8) is 0 Å². The highest BCUT2D eigenvalue weighted by Crippen LogP contribution is 2.39. The molecule has 3 aliphatic heterocycles. The van der Waals surface area contributed by atoms with Crippen LogP contribution in [0.1, 0.15) is 55.4 Å². The van der Waals surface area contributed by atoms with Crippen LogP contribution in [0.5, 0.6) is 5.88 Å². The first kappa shape index (κ1) is 28.8. The van der Waals surface area contributed by atoms with Gasteiger partial charge in [-0.25, -0.2) is 14.2 Å². The molecule has 11 nitrogen and oxygen atoms in total. The summed E-state index contributed by atoms with van der Waals surface area (Å²) < 4.78 is 27.7. The molecule has 3 aliphatic rings. The molecular formula is C31H36FN7O4. The summed E-state index contributed by atoms with van der Waals surface area (Å²) in [6.45, 7) is 11.3. The fraction of sp³-hybridized carbons (Fsp3) is 0.452. The van der Waals surface area contributed by atoms with E-state index in [4.69, 9.17) is 19.4 Å². The minimum absolute atomic E-state index is 0.0192. The van der Waals surface area contributed by atoms with E-state index < -0.39 is 17.4 Å². The van der Waals surface area contributed by atoms with E-state index in [1.165, 1.54) is 12.1 Å². The first-order chi connectivity index (χ1) is 20.5. The fourth-order valence-corrected chi connectivity index (χ4v) is 6.17. The Hall–Kier alpha value is -4.32. The second kappa shape index (κ2) is 11.1. The van der Waals surface area contributed by atoms with Crippen LogP contribution in [0, 0.1) is 19.7 Å². The monoisotopic (exact) mass is 589 g/mol. The third-order valence-corrected chi connectivity index (χ3v) is 7.99. The van der Waals surface area contributed by atoms with E-state index in [0.717, 1.165) is 24.2 Å². The van der Waals surface area contributed by atoms with Crippen molar-refractivity contribution in [2.45, 2.75) is 65.1 Å². The maximum absolute atomic E-state index is 15.6. The number of likely N-dealkylation sites (N-methyl/N-ethyl adjacent to an activating group) is 1. The van der Waals surface area contributed by atoms with Gasteiger partial charge in [-0.2, -0.15) is 4.98 Å². The second-order valence-corrected chi connectivity index (χ2v) is 12.0. The number of urea groups is 1. The average Bonchev–Trinajstić information content (AvgIpc) is 3.12. The lowest BCUT2D eigenvalue weighted by atomic mass is 10.0. The van der Waals surface area contributed by atoms with Gasteiger partial charge in [0.25, 0.3) is 5.91 Å². The van der Waals surface area contributed by atoms with Crippen LogP contribution in [-0.4, -0.2) is 75.8 Å². The number of nitrogens with zero attached hydrogens (tertiary/aromatic N) is 5. The number of aryl methyl sites for hydroxylation is 2. The average molecular weight is 590 g/mol. The molecule has 0 saturated carbocycles. The summed E-state index contributed by atoms with van der Waals surface area (Å²) in [7, 11) is 0. The van der Waals surface area contributed by atoms with Crippen LogP contribution >= 0.6 is 0 Å². The summed E-state index contributed by atoms with van der Waals surface area (Å²) in [5.74, 6) is -0.339. The number of carbonyl (C=O) groups is 2. The summed E-state index contributed by atoms with van der Waals surface area (Å²) in [6, 6.07) is 7.46. The van der Waals surface area contributed by atoms with Crippen molar-refractivity contribution in [2.24, 2.45) is 0 Å². The fourth-order valence-electron chi connectivity index (χ4n) is 6.17. The van der Waals surface area contributed by atoms with Gasteiger partial charge in [0.2, 0.25) is 11.8 Å². The number of halogens is 1.